The van der Waals surface area contributed by atoms with Crippen molar-refractivity contribution >= 4 is 5.91 Å². The van der Waals surface area contributed by atoms with E-state index in [9.17, 15) is 4.79 Å². The Hall–Kier alpha value is -3.35. The van der Waals surface area contributed by atoms with Gasteiger partial charge in [0.15, 0.2) is 17.3 Å². The summed E-state index contributed by atoms with van der Waals surface area (Å²) in [5.41, 5.74) is 1.67. The number of aromatic nitrogens is 2. The molecule has 3 rings (SSSR count). The molecule has 1 heterocycles. The van der Waals surface area contributed by atoms with Crippen LogP contribution in [0.4, 0.5) is 0 Å². The number of amides is 1. The summed E-state index contributed by atoms with van der Waals surface area (Å²) in [7, 11) is 3.07. The lowest BCUT2D eigenvalue weighted by molar-refractivity contribution is 0.0949. The van der Waals surface area contributed by atoms with Crippen molar-refractivity contribution in [2.45, 2.75) is 19.4 Å². The highest BCUT2D eigenvalue weighted by Gasteiger charge is 2.12. The fourth-order valence-electron chi connectivity index (χ4n) is 2.60. The van der Waals surface area contributed by atoms with Crippen molar-refractivity contribution in [2.24, 2.45) is 0 Å². The smallest absolute Gasteiger partial charge is 0.251 e. The van der Waals surface area contributed by atoms with E-state index in [0.29, 0.717) is 35.2 Å². The predicted octanol–water partition coefficient (Wildman–Crippen LogP) is 2.80. The highest BCUT2D eigenvalue weighted by Crippen LogP contribution is 2.27. The number of aryl methyl sites for hydroxylation is 2. The van der Waals surface area contributed by atoms with Gasteiger partial charge in [0.05, 0.1) is 20.8 Å². The minimum Gasteiger partial charge on any atom is -0.493 e. The Labute approximate surface area is 157 Å². The first-order valence-corrected chi connectivity index (χ1v) is 8.55. The molecule has 7 heteroatoms. The quantitative estimate of drug-likeness (QED) is 0.659. The number of nitrogens with zero attached hydrogens (tertiary/aromatic N) is 2. The van der Waals surface area contributed by atoms with Gasteiger partial charge < -0.3 is 19.3 Å². The number of hydrogen-bond acceptors (Lipinski definition) is 6. The molecule has 0 saturated carbocycles. The monoisotopic (exact) mass is 367 g/mol. The molecule has 0 spiro atoms. The van der Waals surface area contributed by atoms with E-state index in [1.807, 2.05) is 18.2 Å². The van der Waals surface area contributed by atoms with Crippen molar-refractivity contribution in [3.8, 4) is 11.5 Å². The summed E-state index contributed by atoms with van der Waals surface area (Å²) in [5.74, 6) is 1.79. The minimum atomic E-state index is -0.258. The Morgan fingerprint density at radius 2 is 1.81 bits per heavy atom. The van der Waals surface area contributed by atoms with E-state index in [-0.39, 0.29) is 12.5 Å². The highest BCUT2D eigenvalue weighted by atomic mass is 16.5. The second kappa shape index (κ2) is 8.84. The van der Waals surface area contributed by atoms with Crippen molar-refractivity contribution < 1.29 is 18.8 Å². The third-order valence-corrected chi connectivity index (χ3v) is 4.03. The van der Waals surface area contributed by atoms with Gasteiger partial charge in [-0.05, 0) is 30.2 Å². The summed E-state index contributed by atoms with van der Waals surface area (Å²) in [4.78, 5) is 16.6. The van der Waals surface area contributed by atoms with Crippen molar-refractivity contribution in [1.82, 2.24) is 15.5 Å². The third kappa shape index (κ3) is 4.84. The highest BCUT2D eigenvalue weighted by molar-refractivity contribution is 5.94. The zero-order chi connectivity index (χ0) is 19.1. The van der Waals surface area contributed by atoms with Crippen LogP contribution in [0.25, 0.3) is 0 Å². The van der Waals surface area contributed by atoms with Gasteiger partial charge in [0, 0.05) is 12.0 Å². The predicted molar refractivity (Wildman–Crippen MR) is 98.9 cm³/mol. The van der Waals surface area contributed by atoms with Crippen molar-refractivity contribution in [3.05, 3.63) is 71.4 Å². The Kier molecular flexibility index (Phi) is 6.04. The molecule has 0 atom stereocenters. The average Bonchev–Trinajstić information content (AvgIpc) is 3.18. The van der Waals surface area contributed by atoms with Crippen LogP contribution in [0.2, 0.25) is 0 Å². The van der Waals surface area contributed by atoms with Gasteiger partial charge in [0.25, 0.3) is 5.91 Å². The molecule has 0 unspecified atom stereocenters. The Morgan fingerprint density at radius 3 is 2.56 bits per heavy atom. The number of methoxy groups -OCH3 is 2. The third-order valence-electron chi connectivity index (χ3n) is 4.03. The lowest BCUT2D eigenvalue weighted by Crippen LogP contribution is -2.23. The van der Waals surface area contributed by atoms with Gasteiger partial charge in [0.2, 0.25) is 5.89 Å². The van der Waals surface area contributed by atoms with Crippen LogP contribution in [0, 0.1) is 0 Å². The summed E-state index contributed by atoms with van der Waals surface area (Å²) in [6.45, 7) is 0.183. The van der Waals surface area contributed by atoms with Crippen LogP contribution in [0.5, 0.6) is 11.5 Å². The van der Waals surface area contributed by atoms with E-state index < -0.39 is 0 Å². The van der Waals surface area contributed by atoms with Gasteiger partial charge in [-0.25, -0.2) is 0 Å². The van der Waals surface area contributed by atoms with Gasteiger partial charge in [0.1, 0.15) is 0 Å². The molecule has 140 valence electrons. The van der Waals surface area contributed by atoms with Gasteiger partial charge in [-0.3, -0.25) is 4.79 Å². The molecule has 0 aliphatic rings. The maximum Gasteiger partial charge on any atom is 0.251 e. The second-order valence-corrected chi connectivity index (χ2v) is 5.84. The van der Waals surface area contributed by atoms with Crippen molar-refractivity contribution in [3.63, 3.8) is 0 Å². The van der Waals surface area contributed by atoms with Gasteiger partial charge >= 0.3 is 0 Å². The first-order valence-electron chi connectivity index (χ1n) is 8.55. The number of carbonyl (C=O) groups excluding carboxylic acids is 1. The first-order chi connectivity index (χ1) is 13.2. The van der Waals surface area contributed by atoms with E-state index in [4.69, 9.17) is 14.0 Å². The van der Waals surface area contributed by atoms with Crippen LogP contribution in [0.15, 0.2) is 53.1 Å². The molecule has 27 heavy (non-hydrogen) atoms. The molecular weight excluding hydrogens is 346 g/mol. The molecule has 2 aromatic carbocycles. The number of rotatable bonds is 8. The molecule has 0 saturated heterocycles. The largest absolute Gasteiger partial charge is 0.493 e. The molecule has 0 aliphatic carbocycles. The lowest BCUT2D eigenvalue weighted by atomic mass is 10.1. The second-order valence-electron chi connectivity index (χ2n) is 5.84. The molecule has 0 aliphatic heterocycles. The standard InChI is InChI=1S/C20H21N3O4/c1-25-16-10-9-15(12-17(16)26-2)20(24)21-13-18-22-19(27-23-18)11-8-14-6-4-3-5-7-14/h3-7,9-10,12H,8,11,13H2,1-2H3,(H,21,24). The van der Waals surface area contributed by atoms with E-state index in [2.05, 4.69) is 27.6 Å². The maximum absolute atomic E-state index is 12.3. The molecule has 3 aromatic rings. The van der Waals surface area contributed by atoms with Crippen LogP contribution in [0.3, 0.4) is 0 Å². The molecule has 1 aromatic heterocycles. The first kappa shape index (κ1) is 18.4. The molecule has 1 amide bonds. The van der Waals surface area contributed by atoms with Crippen molar-refractivity contribution in [1.29, 1.82) is 0 Å². The van der Waals surface area contributed by atoms with E-state index in [1.165, 1.54) is 12.7 Å². The normalized spacial score (nSPS) is 10.4. The topological polar surface area (TPSA) is 86.5 Å². The maximum atomic E-state index is 12.3. The Balaban J connectivity index is 1.54. The SMILES string of the molecule is COc1ccc(C(=O)NCc2noc(CCc3ccccc3)n2)cc1OC. The van der Waals surface area contributed by atoms with Crippen LogP contribution in [-0.4, -0.2) is 30.3 Å². The summed E-state index contributed by atoms with van der Waals surface area (Å²) in [6, 6.07) is 15.1. The molecule has 1 N–H and O–H groups in total. The number of carbonyl (C=O) groups is 1. The van der Waals surface area contributed by atoms with Gasteiger partial charge in [-0.15, -0.1) is 0 Å². The number of nitrogens with one attached hydrogen (secondary N) is 1. The Bertz CT molecular complexity index is 893. The van der Waals surface area contributed by atoms with Crippen LogP contribution in [-0.2, 0) is 19.4 Å². The summed E-state index contributed by atoms with van der Waals surface area (Å²) in [6.07, 6.45) is 1.47. The zero-order valence-corrected chi connectivity index (χ0v) is 15.3. The molecule has 0 bridgehead atoms. The Morgan fingerprint density at radius 1 is 1.04 bits per heavy atom. The molecule has 0 radical (unpaired) electrons. The van der Waals surface area contributed by atoms with E-state index in [0.717, 1.165) is 6.42 Å². The summed E-state index contributed by atoms with van der Waals surface area (Å²) >= 11 is 0. The number of benzene rings is 2. The van der Waals surface area contributed by atoms with E-state index in [1.54, 1.807) is 25.3 Å². The lowest BCUT2D eigenvalue weighted by Gasteiger charge is -2.09. The fraction of sp³-hybridized carbons (Fsp3) is 0.250. The zero-order valence-electron chi connectivity index (χ0n) is 15.3. The molecule has 7 nitrogen and oxygen atoms in total. The van der Waals surface area contributed by atoms with Crippen molar-refractivity contribution in [2.75, 3.05) is 14.2 Å². The van der Waals surface area contributed by atoms with Gasteiger partial charge in [-0.1, -0.05) is 35.5 Å². The number of ether oxygens (including phenoxy) is 2. The van der Waals surface area contributed by atoms with Crippen LogP contribution >= 0.6 is 0 Å². The molecule has 0 fully saturated rings. The summed E-state index contributed by atoms with van der Waals surface area (Å²) in [5, 5.41) is 6.68. The molecular formula is C20H21N3O4. The minimum absolute atomic E-state index is 0.183. The van der Waals surface area contributed by atoms with Crippen LogP contribution in [0.1, 0.15) is 27.6 Å². The van der Waals surface area contributed by atoms with Crippen LogP contribution < -0.4 is 14.8 Å². The van der Waals surface area contributed by atoms with E-state index >= 15 is 0 Å². The average molecular weight is 367 g/mol. The van der Waals surface area contributed by atoms with Gasteiger partial charge in [-0.2, -0.15) is 4.98 Å². The summed E-state index contributed by atoms with van der Waals surface area (Å²) < 4.78 is 15.6. The number of hydrogen-bond donors (Lipinski definition) is 1. The fourth-order valence-corrected chi connectivity index (χ4v) is 2.60.